The summed E-state index contributed by atoms with van der Waals surface area (Å²) >= 11 is 1.16. The van der Waals surface area contributed by atoms with Crippen molar-refractivity contribution < 1.29 is 28.6 Å². The summed E-state index contributed by atoms with van der Waals surface area (Å²) in [6.07, 6.45) is 0. The summed E-state index contributed by atoms with van der Waals surface area (Å²) in [5, 5.41) is -0.148. The lowest BCUT2D eigenvalue weighted by atomic mass is 10.1. The van der Waals surface area contributed by atoms with Crippen LogP contribution in [0.15, 0.2) is 18.2 Å². The Bertz CT molecular complexity index is 618. The van der Waals surface area contributed by atoms with Crippen molar-refractivity contribution in [1.82, 2.24) is 4.90 Å². The summed E-state index contributed by atoms with van der Waals surface area (Å²) in [6.45, 7) is -0.0333. The van der Waals surface area contributed by atoms with Gasteiger partial charge in [-0.2, -0.15) is 0 Å². The van der Waals surface area contributed by atoms with Gasteiger partial charge in [0.25, 0.3) is 5.24 Å². The van der Waals surface area contributed by atoms with Crippen molar-refractivity contribution >= 4 is 28.8 Å². The van der Waals surface area contributed by atoms with Crippen LogP contribution >= 0.6 is 11.8 Å². The van der Waals surface area contributed by atoms with Crippen LogP contribution in [-0.2, 0) is 9.53 Å². The first-order chi connectivity index (χ1) is 11.0. The second-order valence-electron chi connectivity index (χ2n) is 4.69. The SMILES string of the molecule is COc1ccc(C(=O)COC(=O)CN2CCSC2=O)c(OC)c1. The van der Waals surface area contributed by atoms with Crippen molar-refractivity contribution in [3.63, 3.8) is 0 Å². The number of amides is 1. The van der Waals surface area contributed by atoms with Crippen LogP contribution in [0.5, 0.6) is 11.5 Å². The topological polar surface area (TPSA) is 82.1 Å². The van der Waals surface area contributed by atoms with Gasteiger partial charge in [0.1, 0.15) is 18.0 Å². The quantitative estimate of drug-likeness (QED) is 0.551. The summed E-state index contributed by atoms with van der Waals surface area (Å²) in [5.41, 5.74) is 0.300. The van der Waals surface area contributed by atoms with Crippen LogP contribution in [0.1, 0.15) is 10.4 Å². The Kier molecular flexibility index (Phi) is 5.86. The highest BCUT2D eigenvalue weighted by molar-refractivity contribution is 8.13. The maximum Gasteiger partial charge on any atom is 0.326 e. The van der Waals surface area contributed by atoms with Crippen molar-refractivity contribution in [3.8, 4) is 11.5 Å². The molecule has 1 amide bonds. The third-order valence-corrected chi connectivity index (χ3v) is 4.13. The molecule has 0 atom stereocenters. The Labute approximate surface area is 137 Å². The van der Waals surface area contributed by atoms with E-state index >= 15 is 0 Å². The molecule has 1 aliphatic heterocycles. The summed E-state index contributed by atoms with van der Waals surface area (Å²) < 4.78 is 15.1. The normalized spacial score (nSPS) is 13.8. The van der Waals surface area contributed by atoms with Gasteiger partial charge in [0.2, 0.25) is 5.78 Å². The Hall–Kier alpha value is -2.22. The second-order valence-corrected chi connectivity index (χ2v) is 5.73. The van der Waals surface area contributed by atoms with E-state index in [-0.39, 0.29) is 17.6 Å². The molecule has 1 heterocycles. The zero-order valence-electron chi connectivity index (χ0n) is 12.9. The molecule has 0 bridgehead atoms. The Morgan fingerprint density at radius 2 is 2.04 bits per heavy atom. The maximum atomic E-state index is 12.1. The molecular weight excluding hydrogens is 322 g/mol. The Morgan fingerprint density at radius 3 is 2.65 bits per heavy atom. The number of nitrogens with zero attached hydrogens (tertiary/aromatic N) is 1. The molecule has 1 aromatic carbocycles. The van der Waals surface area contributed by atoms with E-state index < -0.39 is 12.6 Å². The Morgan fingerprint density at radius 1 is 1.26 bits per heavy atom. The van der Waals surface area contributed by atoms with Gasteiger partial charge in [0.15, 0.2) is 6.61 Å². The molecule has 1 fully saturated rings. The van der Waals surface area contributed by atoms with Crippen LogP contribution in [-0.4, -0.2) is 61.6 Å². The number of methoxy groups -OCH3 is 2. The van der Waals surface area contributed by atoms with E-state index in [1.165, 1.54) is 19.1 Å². The number of hydrogen-bond donors (Lipinski definition) is 0. The molecule has 1 saturated heterocycles. The fraction of sp³-hybridized carbons (Fsp3) is 0.400. The fourth-order valence-electron chi connectivity index (χ4n) is 2.02. The molecule has 7 nitrogen and oxygen atoms in total. The number of thioether (sulfide) groups is 1. The lowest BCUT2D eigenvalue weighted by molar-refractivity contribution is -0.142. The Balaban J connectivity index is 1.91. The van der Waals surface area contributed by atoms with Gasteiger partial charge < -0.3 is 19.1 Å². The second kappa shape index (κ2) is 7.87. The molecule has 2 rings (SSSR count). The van der Waals surface area contributed by atoms with Crippen molar-refractivity contribution in [1.29, 1.82) is 0 Å². The van der Waals surface area contributed by atoms with Crippen molar-refractivity contribution in [2.75, 3.05) is 39.7 Å². The van der Waals surface area contributed by atoms with E-state index in [1.807, 2.05) is 0 Å². The first kappa shape index (κ1) is 17.1. The average molecular weight is 339 g/mol. The van der Waals surface area contributed by atoms with Crippen LogP contribution in [0.4, 0.5) is 4.79 Å². The smallest absolute Gasteiger partial charge is 0.326 e. The van der Waals surface area contributed by atoms with Crippen LogP contribution in [0.2, 0.25) is 0 Å². The number of carbonyl (C=O) groups is 3. The zero-order valence-corrected chi connectivity index (χ0v) is 13.7. The lowest BCUT2D eigenvalue weighted by Crippen LogP contribution is -2.31. The minimum absolute atomic E-state index is 0.140. The molecule has 23 heavy (non-hydrogen) atoms. The average Bonchev–Trinajstić information content (AvgIpc) is 2.96. The summed E-state index contributed by atoms with van der Waals surface area (Å²) in [7, 11) is 2.95. The molecule has 0 radical (unpaired) electrons. The molecule has 0 N–H and O–H groups in total. The fourth-order valence-corrected chi connectivity index (χ4v) is 2.85. The standard InChI is InChI=1S/C15H17NO6S/c1-20-10-3-4-11(13(7-10)21-2)12(17)9-22-14(18)8-16-5-6-23-15(16)19/h3-4,7H,5-6,8-9H2,1-2H3. The highest BCUT2D eigenvalue weighted by atomic mass is 32.2. The van der Waals surface area contributed by atoms with Gasteiger partial charge in [-0.15, -0.1) is 0 Å². The number of rotatable bonds is 7. The van der Waals surface area contributed by atoms with Crippen LogP contribution < -0.4 is 9.47 Å². The zero-order chi connectivity index (χ0) is 16.8. The van der Waals surface area contributed by atoms with Crippen LogP contribution in [0, 0.1) is 0 Å². The number of carbonyl (C=O) groups excluding carboxylic acids is 3. The van der Waals surface area contributed by atoms with E-state index in [4.69, 9.17) is 14.2 Å². The van der Waals surface area contributed by atoms with Gasteiger partial charge >= 0.3 is 5.97 Å². The number of esters is 1. The predicted molar refractivity (Wildman–Crippen MR) is 84.3 cm³/mol. The summed E-state index contributed by atoms with van der Waals surface area (Å²) in [4.78, 5) is 36.6. The molecule has 0 aliphatic carbocycles. The number of benzene rings is 1. The third-order valence-electron chi connectivity index (χ3n) is 3.24. The number of Topliss-reactive ketones (excluding diaryl/α,β-unsaturated/α-hetero) is 1. The molecular formula is C15H17NO6S. The minimum atomic E-state index is -0.610. The van der Waals surface area contributed by atoms with Crippen molar-refractivity contribution in [3.05, 3.63) is 23.8 Å². The predicted octanol–water partition coefficient (Wildman–Crippen LogP) is 1.60. The van der Waals surface area contributed by atoms with Gasteiger partial charge in [-0.1, -0.05) is 11.8 Å². The van der Waals surface area contributed by atoms with Gasteiger partial charge in [0, 0.05) is 18.4 Å². The monoisotopic (exact) mass is 339 g/mol. The highest BCUT2D eigenvalue weighted by Gasteiger charge is 2.24. The molecule has 0 saturated carbocycles. The van der Waals surface area contributed by atoms with E-state index in [0.717, 1.165) is 11.8 Å². The molecule has 0 unspecified atom stereocenters. The van der Waals surface area contributed by atoms with E-state index in [1.54, 1.807) is 18.2 Å². The van der Waals surface area contributed by atoms with Crippen molar-refractivity contribution in [2.24, 2.45) is 0 Å². The van der Waals surface area contributed by atoms with Gasteiger partial charge in [-0.25, -0.2) is 0 Å². The first-order valence-corrected chi connectivity index (χ1v) is 7.86. The largest absolute Gasteiger partial charge is 0.497 e. The van der Waals surface area contributed by atoms with Crippen molar-refractivity contribution in [2.45, 2.75) is 0 Å². The van der Waals surface area contributed by atoms with Crippen LogP contribution in [0.25, 0.3) is 0 Å². The lowest BCUT2D eigenvalue weighted by Gasteiger charge is -2.13. The molecule has 1 aliphatic rings. The van der Waals surface area contributed by atoms with E-state index in [9.17, 15) is 14.4 Å². The van der Waals surface area contributed by atoms with Crippen LogP contribution in [0.3, 0.4) is 0 Å². The molecule has 0 aromatic heterocycles. The molecule has 1 aromatic rings. The molecule has 124 valence electrons. The summed E-state index contributed by atoms with van der Waals surface area (Å²) in [5.74, 6) is 0.562. The number of hydrogen-bond acceptors (Lipinski definition) is 7. The van der Waals surface area contributed by atoms with Gasteiger partial charge in [-0.3, -0.25) is 14.4 Å². The van der Waals surface area contributed by atoms with Gasteiger partial charge in [-0.05, 0) is 12.1 Å². The molecule has 8 heteroatoms. The maximum absolute atomic E-state index is 12.1. The summed E-state index contributed by atoms with van der Waals surface area (Å²) in [6, 6.07) is 4.75. The first-order valence-electron chi connectivity index (χ1n) is 6.87. The highest BCUT2D eigenvalue weighted by Crippen LogP contribution is 2.25. The van der Waals surface area contributed by atoms with E-state index in [2.05, 4.69) is 0 Å². The third kappa shape index (κ3) is 4.38. The molecule has 0 spiro atoms. The number of ketones is 1. The minimum Gasteiger partial charge on any atom is -0.497 e. The van der Waals surface area contributed by atoms with E-state index in [0.29, 0.717) is 29.4 Å². The number of ether oxygens (including phenoxy) is 3. The van der Waals surface area contributed by atoms with Gasteiger partial charge in [0.05, 0.1) is 19.8 Å².